The molecule has 0 aromatic carbocycles. The van der Waals surface area contributed by atoms with Gasteiger partial charge in [-0.05, 0) is 79.1 Å². The maximum absolute atomic E-state index is 14.4. The van der Waals surface area contributed by atoms with Crippen LogP contribution in [0.5, 0.6) is 0 Å². The van der Waals surface area contributed by atoms with Crippen LogP contribution in [0, 0.1) is 56.2 Å². The monoisotopic (exact) mass is 520 g/mol. The van der Waals surface area contributed by atoms with Gasteiger partial charge in [-0.15, -0.1) is 0 Å². The number of allylic oxidation sites excluding steroid dienone is 4. The SMILES string of the molecule is CN(C(=O)O)[C@]12CCC(C)(C)C[C@@H]1[C@H]1C(=O)C=C3[C@@]4(C)C=C(C#N)C(=O)C(C)(C)[C@@H]4CC[C@@]3(C)[C@]1(C)CC2. The summed E-state index contributed by atoms with van der Waals surface area (Å²) in [7, 11) is 1.70. The van der Waals surface area contributed by atoms with E-state index in [1.807, 2.05) is 26.0 Å². The molecule has 7 atom stereocenters. The van der Waals surface area contributed by atoms with Crippen molar-refractivity contribution in [2.45, 2.75) is 99.0 Å². The van der Waals surface area contributed by atoms with Crippen LogP contribution in [0.15, 0.2) is 23.3 Å². The number of fused-ring (bicyclic) bond motifs is 7. The summed E-state index contributed by atoms with van der Waals surface area (Å²) in [6.07, 6.45) is 8.67. The van der Waals surface area contributed by atoms with Crippen molar-refractivity contribution in [3.8, 4) is 6.07 Å². The number of hydrogen-bond acceptors (Lipinski definition) is 4. The minimum atomic E-state index is -0.916. The maximum atomic E-state index is 14.4. The van der Waals surface area contributed by atoms with Gasteiger partial charge in [-0.25, -0.2) is 4.79 Å². The fraction of sp³-hybridized carbons (Fsp3) is 0.750. The van der Waals surface area contributed by atoms with E-state index in [0.717, 1.165) is 50.5 Å². The molecular weight excluding hydrogens is 476 g/mol. The molecule has 38 heavy (non-hydrogen) atoms. The lowest BCUT2D eigenvalue weighted by molar-refractivity contribution is -0.172. The molecular formula is C32H44N2O4. The molecule has 0 aromatic rings. The second kappa shape index (κ2) is 7.83. The van der Waals surface area contributed by atoms with Gasteiger partial charge in [0.15, 0.2) is 11.6 Å². The quantitative estimate of drug-likeness (QED) is 0.422. The van der Waals surface area contributed by atoms with Crippen LogP contribution in [0.1, 0.15) is 93.4 Å². The summed E-state index contributed by atoms with van der Waals surface area (Å²) in [5.74, 6) is -0.283. The van der Waals surface area contributed by atoms with E-state index in [2.05, 4.69) is 40.7 Å². The number of ketones is 2. The first kappa shape index (κ1) is 27.2. The van der Waals surface area contributed by atoms with Crippen molar-refractivity contribution in [3.63, 3.8) is 0 Å². The summed E-state index contributed by atoms with van der Waals surface area (Å²) in [5, 5.41) is 20.0. The first-order valence-corrected chi connectivity index (χ1v) is 14.3. The number of carbonyl (C=O) groups is 3. The third-order valence-electron chi connectivity index (χ3n) is 12.8. The van der Waals surface area contributed by atoms with Crippen molar-refractivity contribution in [1.82, 2.24) is 4.90 Å². The lowest BCUT2D eigenvalue weighted by Crippen LogP contribution is -2.69. The number of nitriles is 1. The van der Waals surface area contributed by atoms with Gasteiger partial charge in [0.2, 0.25) is 0 Å². The molecule has 6 heteroatoms. The highest BCUT2D eigenvalue weighted by molar-refractivity contribution is 6.04. The van der Waals surface area contributed by atoms with Crippen LogP contribution in [0.3, 0.4) is 0 Å². The standard InChI is InChI=1S/C32H44N2O4/c1-27(2)11-13-32(34(8)26(37)38)14-12-31(7)24(20(32)17-27)21(35)15-23-29(5)16-19(18-33)25(36)28(3,4)22(29)9-10-30(23,31)6/h15-16,20,22,24H,9-14,17H2,1-8H3,(H,37,38)/t20-,22+,24+,29+,30-,31-,32+/m1/s1. The van der Waals surface area contributed by atoms with Gasteiger partial charge in [-0.2, -0.15) is 5.26 Å². The second-order valence-electron chi connectivity index (χ2n) is 15.2. The Morgan fingerprint density at radius 3 is 2.26 bits per heavy atom. The van der Waals surface area contributed by atoms with Crippen molar-refractivity contribution in [3.05, 3.63) is 23.3 Å². The van der Waals surface area contributed by atoms with E-state index in [1.54, 1.807) is 7.05 Å². The van der Waals surface area contributed by atoms with Crippen LogP contribution in [-0.4, -0.2) is 40.3 Å². The van der Waals surface area contributed by atoms with E-state index >= 15 is 0 Å². The third kappa shape index (κ3) is 3.14. The molecule has 0 heterocycles. The van der Waals surface area contributed by atoms with Gasteiger partial charge in [-0.1, -0.05) is 60.1 Å². The van der Waals surface area contributed by atoms with E-state index in [0.29, 0.717) is 0 Å². The molecule has 5 aliphatic rings. The van der Waals surface area contributed by atoms with E-state index in [-0.39, 0.29) is 51.1 Å². The van der Waals surface area contributed by atoms with Crippen LogP contribution in [-0.2, 0) is 9.59 Å². The van der Waals surface area contributed by atoms with Gasteiger partial charge >= 0.3 is 6.09 Å². The zero-order valence-corrected chi connectivity index (χ0v) is 24.4. The van der Waals surface area contributed by atoms with Gasteiger partial charge in [0.25, 0.3) is 0 Å². The number of Topliss-reactive ketones (excluding diaryl/α,β-unsaturated/α-hetero) is 1. The van der Waals surface area contributed by atoms with Crippen LogP contribution >= 0.6 is 0 Å². The van der Waals surface area contributed by atoms with E-state index in [9.17, 15) is 24.8 Å². The number of nitrogens with zero attached hydrogens (tertiary/aromatic N) is 2. The average Bonchev–Trinajstić information content (AvgIpc) is 2.82. The largest absolute Gasteiger partial charge is 0.465 e. The zero-order valence-electron chi connectivity index (χ0n) is 24.4. The molecule has 0 aliphatic heterocycles. The highest BCUT2D eigenvalue weighted by Crippen LogP contribution is 2.73. The van der Waals surface area contributed by atoms with Crippen molar-refractivity contribution >= 4 is 17.7 Å². The van der Waals surface area contributed by atoms with Crippen molar-refractivity contribution in [1.29, 1.82) is 5.26 Å². The normalized spacial score (nSPS) is 44.8. The van der Waals surface area contributed by atoms with Gasteiger partial charge in [0, 0.05) is 29.3 Å². The topological polar surface area (TPSA) is 98.5 Å². The Morgan fingerprint density at radius 2 is 1.66 bits per heavy atom. The molecule has 5 aliphatic carbocycles. The first-order valence-electron chi connectivity index (χ1n) is 14.3. The summed E-state index contributed by atoms with van der Waals surface area (Å²) in [6, 6.07) is 2.17. The third-order valence-corrected chi connectivity index (χ3v) is 12.8. The lowest BCUT2D eigenvalue weighted by Gasteiger charge is -2.70. The minimum Gasteiger partial charge on any atom is -0.465 e. The van der Waals surface area contributed by atoms with Crippen LogP contribution in [0.4, 0.5) is 4.79 Å². The Hall–Kier alpha value is -2.42. The zero-order chi connectivity index (χ0) is 28.3. The molecule has 5 rings (SSSR count). The molecule has 3 fully saturated rings. The minimum absolute atomic E-state index is 0.0151. The molecule has 0 spiro atoms. The van der Waals surface area contributed by atoms with Crippen molar-refractivity contribution in [2.75, 3.05) is 7.05 Å². The van der Waals surface area contributed by atoms with Crippen LogP contribution < -0.4 is 0 Å². The number of rotatable bonds is 1. The Bertz CT molecular complexity index is 1240. The predicted molar refractivity (Wildman–Crippen MR) is 145 cm³/mol. The molecule has 1 amide bonds. The van der Waals surface area contributed by atoms with Crippen LogP contribution in [0.25, 0.3) is 0 Å². The molecule has 3 saturated carbocycles. The molecule has 1 N–H and O–H groups in total. The van der Waals surface area contributed by atoms with Gasteiger partial charge < -0.3 is 10.0 Å². The summed E-state index contributed by atoms with van der Waals surface area (Å²) in [4.78, 5) is 41.5. The number of carbonyl (C=O) groups excluding carboxylic acids is 2. The molecule has 0 bridgehead atoms. The number of carboxylic acid groups (broad SMARTS) is 1. The summed E-state index contributed by atoms with van der Waals surface area (Å²) < 4.78 is 0. The molecule has 0 radical (unpaired) electrons. The fourth-order valence-corrected chi connectivity index (χ4v) is 10.4. The first-order chi connectivity index (χ1) is 17.4. The van der Waals surface area contributed by atoms with Gasteiger partial charge in [0.1, 0.15) is 6.07 Å². The number of hydrogen-bond donors (Lipinski definition) is 1. The predicted octanol–water partition coefficient (Wildman–Crippen LogP) is 6.57. The molecule has 0 saturated heterocycles. The van der Waals surface area contributed by atoms with Gasteiger partial charge in [0.05, 0.1) is 5.57 Å². The summed E-state index contributed by atoms with van der Waals surface area (Å²) in [6.45, 7) is 15.2. The Balaban J connectivity index is 1.70. The highest BCUT2D eigenvalue weighted by atomic mass is 16.4. The number of amides is 1. The van der Waals surface area contributed by atoms with E-state index in [1.165, 1.54) is 4.90 Å². The Morgan fingerprint density at radius 1 is 1.03 bits per heavy atom. The van der Waals surface area contributed by atoms with Crippen LogP contribution in [0.2, 0.25) is 0 Å². The second-order valence-corrected chi connectivity index (χ2v) is 15.2. The average molecular weight is 521 g/mol. The fourth-order valence-electron chi connectivity index (χ4n) is 10.4. The smallest absolute Gasteiger partial charge is 0.407 e. The summed E-state index contributed by atoms with van der Waals surface area (Å²) in [5.41, 5.74) is -1.08. The highest BCUT2D eigenvalue weighted by Gasteiger charge is 2.70. The van der Waals surface area contributed by atoms with Crippen molar-refractivity contribution < 1.29 is 19.5 Å². The summed E-state index contributed by atoms with van der Waals surface area (Å²) >= 11 is 0. The molecule has 0 unspecified atom stereocenters. The lowest BCUT2D eigenvalue weighted by atomic mass is 9.35. The van der Waals surface area contributed by atoms with E-state index in [4.69, 9.17) is 0 Å². The molecule has 6 nitrogen and oxygen atoms in total. The van der Waals surface area contributed by atoms with Crippen molar-refractivity contribution in [2.24, 2.45) is 44.8 Å². The molecule has 0 aromatic heterocycles. The maximum Gasteiger partial charge on any atom is 0.407 e. The van der Waals surface area contributed by atoms with Gasteiger partial charge in [-0.3, -0.25) is 9.59 Å². The van der Waals surface area contributed by atoms with E-state index < -0.39 is 22.5 Å². The Kier molecular flexibility index (Phi) is 5.59. The molecule has 206 valence electrons. The Labute approximate surface area is 227 Å².